The van der Waals surface area contributed by atoms with Crippen LogP contribution in [0.2, 0.25) is 0 Å². The summed E-state index contributed by atoms with van der Waals surface area (Å²) in [6.07, 6.45) is 6.41. The minimum atomic E-state index is -0.0170. The first-order valence-corrected chi connectivity index (χ1v) is 6.19. The van der Waals surface area contributed by atoms with Crippen molar-refractivity contribution in [3.8, 4) is 0 Å². The van der Waals surface area contributed by atoms with Gasteiger partial charge in [-0.3, -0.25) is 9.59 Å². The highest BCUT2D eigenvalue weighted by Gasteiger charge is 1.97. The zero-order valence-electron chi connectivity index (χ0n) is 10.8. The lowest BCUT2D eigenvalue weighted by Crippen LogP contribution is -2.20. The van der Waals surface area contributed by atoms with Gasteiger partial charge in [-0.2, -0.15) is 0 Å². The first-order valence-electron chi connectivity index (χ1n) is 6.19. The van der Waals surface area contributed by atoms with Gasteiger partial charge in [-0.05, 0) is 24.1 Å². The topological polar surface area (TPSA) is 62.0 Å². The molecule has 0 aliphatic heterocycles. The fourth-order valence-corrected chi connectivity index (χ4v) is 1.85. The molecule has 1 aromatic heterocycles. The molecule has 0 bridgehead atoms. The number of H-pyrrole nitrogens is 1. The zero-order valence-corrected chi connectivity index (χ0v) is 10.8. The summed E-state index contributed by atoms with van der Waals surface area (Å²) < 4.78 is 0. The summed E-state index contributed by atoms with van der Waals surface area (Å²) in [4.78, 5) is 25.3. The van der Waals surface area contributed by atoms with Gasteiger partial charge in [0.2, 0.25) is 5.91 Å². The minimum absolute atomic E-state index is 0.0170. The van der Waals surface area contributed by atoms with E-state index in [0.29, 0.717) is 11.9 Å². The van der Waals surface area contributed by atoms with Crippen LogP contribution in [0.4, 0.5) is 0 Å². The van der Waals surface area contributed by atoms with Crippen molar-refractivity contribution >= 4 is 22.9 Å². The van der Waals surface area contributed by atoms with E-state index in [1.165, 1.54) is 13.0 Å². The number of amides is 1. The lowest BCUT2D eigenvalue weighted by atomic mass is 10.1. The van der Waals surface area contributed by atoms with E-state index in [4.69, 9.17) is 0 Å². The van der Waals surface area contributed by atoms with Gasteiger partial charge < -0.3 is 10.3 Å². The molecule has 0 fully saturated rings. The molecule has 19 heavy (non-hydrogen) atoms. The maximum atomic E-state index is 11.6. The molecule has 2 rings (SSSR count). The van der Waals surface area contributed by atoms with Crippen LogP contribution in [0.1, 0.15) is 18.9 Å². The minimum Gasteiger partial charge on any atom is -0.361 e. The molecule has 4 heteroatoms. The third kappa shape index (κ3) is 3.55. The molecule has 1 aromatic carbocycles. The van der Waals surface area contributed by atoms with Crippen LogP contribution in [0, 0.1) is 0 Å². The Balaban J connectivity index is 2.07. The molecule has 0 unspecified atom stereocenters. The molecule has 0 spiro atoms. The second-order valence-electron chi connectivity index (χ2n) is 4.32. The third-order valence-electron chi connectivity index (χ3n) is 2.78. The second-order valence-corrected chi connectivity index (χ2v) is 4.32. The van der Waals surface area contributed by atoms with Crippen molar-refractivity contribution in [2.45, 2.75) is 13.3 Å². The molecule has 1 heterocycles. The standard InChI is InChI=1S/C15H16N2O2/c1-11(18)16-8-3-2-4-12-5-6-13-14(10-12)17-9-7-15(13)19/h2,4-7,9-10H,3,8H2,1H3,(H,16,18)(H,17,19). The molecule has 1 amide bonds. The van der Waals surface area contributed by atoms with E-state index in [2.05, 4.69) is 10.3 Å². The van der Waals surface area contributed by atoms with Crippen molar-refractivity contribution in [1.82, 2.24) is 10.3 Å². The van der Waals surface area contributed by atoms with E-state index >= 15 is 0 Å². The smallest absolute Gasteiger partial charge is 0.216 e. The maximum absolute atomic E-state index is 11.6. The Labute approximate surface area is 111 Å². The van der Waals surface area contributed by atoms with Gasteiger partial charge in [-0.25, -0.2) is 0 Å². The summed E-state index contributed by atoms with van der Waals surface area (Å²) in [7, 11) is 0. The van der Waals surface area contributed by atoms with Crippen LogP contribution in [0.5, 0.6) is 0 Å². The molecule has 0 saturated heterocycles. The van der Waals surface area contributed by atoms with Crippen LogP contribution in [0.15, 0.2) is 41.3 Å². The van der Waals surface area contributed by atoms with Crippen molar-refractivity contribution in [1.29, 1.82) is 0 Å². The fourth-order valence-electron chi connectivity index (χ4n) is 1.85. The average molecular weight is 256 g/mol. The predicted molar refractivity (Wildman–Crippen MR) is 76.9 cm³/mol. The molecular formula is C15H16N2O2. The summed E-state index contributed by atoms with van der Waals surface area (Å²) in [6, 6.07) is 7.19. The Kier molecular flexibility index (Phi) is 4.13. The normalized spacial score (nSPS) is 11.0. The highest BCUT2D eigenvalue weighted by Crippen LogP contribution is 2.11. The van der Waals surface area contributed by atoms with Gasteiger partial charge in [-0.1, -0.05) is 18.2 Å². The highest BCUT2D eigenvalue weighted by atomic mass is 16.1. The van der Waals surface area contributed by atoms with Gasteiger partial charge in [0.05, 0.1) is 0 Å². The van der Waals surface area contributed by atoms with E-state index in [1.54, 1.807) is 6.20 Å². The van der Waals surface area contributed by atoms with Crippen molar-refractivity contribution in [3.63, 3.8) is 0 Å². The average Bonchev–Trinajstić information content (AvgIpc) is 2.38. The number of carbonyl (C=O) groups is 1. The number of benzene rings is 1. The van der Waals surface area contributed by atoms with E-state index < -0.39 is 0 Å². The summed E-state index contributed by atoms with van der Waals surface area (Å²) >= 11 is 0. The fraction of sp³-hybridized carbons (Fsp3) is 0.200. The molecule has 0 atom stereocenters. The Hall–Kier alpha value is -2.36. The number of pyridine rings is 1. The van der Waals surface area contributed by atoms with Gasteiger partial charge in [0, 0.05) is 36.6 Å². The summed E-state index contributed by atoms with van der Waals surface area (Å²) in [5, 5.41) is 3.42. The number of hydrogen-bond donors (Lipinski definition) is 2. The Bertz CT molecular complexity index is 671. The molecule has 2 aromatic rings. The van der Waals surface area contributed by atoms with Crippen LogP contribution in [0.3, 0.4) is 0 Å². The number of carbonyl (C=O) groups excluding carboxylic acids is 1. The molecule has 98 valence electrons. The molecule has 0 radical (unpaired) electrons. The molecule has 0 aliphatic carbocycles. The Morgan fingerprint density at radius 1 is 1.37 bits per heavy atom. The monoisotopic (exact) mass is 256 g/mol. The van der Waals surface area contributed by atoms with E-state index in [1.807, 2.05) is 30.4 Å². The lowest BCUT2D eigenvalue weighted by Gasteiger charge is -1.99. The molecule has 0 aliphatic rings. The van der Waals surface area contributed by atoms with Gasteiger partial charge in [-0.15, -0.1) is 0 Å². The van der Waals surface area contributed by atoms with Gasteiger partial charge in [0.25, 0.3) is 0 Å². The van der Waals surface area contributed by atoms with Crippen LogP contribution >= 0.6 is 0 Å². The summed E-state index contributed by atoms with van der Waals surface area (Å²) in [5.41, 5.74) is 1.88. The van der Waals surface area contributed by atoms with Gasteiger partial charge in [0.15, 0.2) is 5.43 Å². The van der Waals surface area contributed by atoms with Crippen LogP contribution in [0.25, 0.3) is 17.0 Å². The van der Waals surface area contributed by atoms with Crippen molar-refractivity contribution in [3.05, 3.63) is 52.3 Å². The van der Waals surface area contributed by atoms with Gasteiger partial charge in [0.1, 0.15) is 0 Å². The molecule has 4 nitrogen and oxygen atoms in total. The summed E-state index contributed by atoms with van der Waals surface area (Å²) in [5.74, 6) is -0.0170. The number of rotatable bonds is 4. The Morgan fingerprint density at radius 2 is 2.21 bits per heavy atom. The van der Waals surface area contributed by atoms with Crippen LogP contribution in [-0.4, -0.2) is 17.4 Å². The molecule has 2 N–H and O–H groups in total. The van der Waals surface area contributed by atoms with E-state index in [9.17, 15) is 9.59 Å². The zero-order chi connectivity index (χ0) is 13.7. The summed E-state index contributed by atoms with van der Waals surface area (Å²) in [6.45, 7) is 2.14. The van der Waals surface area contributed by atoms with Crippen molar-refractivity contribution in [2.75, 3.05) is 6.54 Å². The van der Waals surface area contributed by atoms with E-state index in [-0.39, 0.29) is 11.3 Å². The van der Waals surface area contributed by atoms with Crippen molar-refractivity contribution < 1.29 is 4.79 Å². The highest BCUT2D eigenvalue weighted by molar-refractivity contribution is 5.80. The molecular weight excluding hydrogens is 240 g/mol. The quantitative estimate of drug-likeness (QED) is 0.823. The number of fused-ring (bicyclic) bond motifs is 1. The van der Waals surface area contributed by atoms with Gasteiger partial charge >= 0.3 is 0 Å². The largest absolute Gasteiger partial charge is 0.361 e. The first kappa shape index (κ1) is 13.1. The van der Waals surface area contributed by atoms with Crippen molar-refractivity contribution in [2.24, 2.45) is 0 Å². The van der Waals surface area contributed by atoms with Crippen LogP contribution < -0.4 is 10.7 Å². The van der Waals surface area contributed by atoms with Crippen LogP contribution in [-0.2, 0) is 4.79 Å². The first-order chi connectivity index (χ1) is 9.16. The number of nitrogens with one attached hydrogen (secondary N) is 2. The SMILES string of the molecule is CC(=O)NCCC=Cc1ccc2c(=O)cc[nH]c2c1. The Morgan fingerprint density at radius 3 is 3.00 bits per heavy atom. The number of aromatic nitrogens is 1. The lowest BCUT2D eigenvalue weighted by molar-refractivity contribution is -0.118. The molecule has 0 saturated carbocycles. The number of aromatic amines is 1. The predicted octanol–water partition coefficient (Wildman–Crippen LogP) is 2.07. The van der Waals surface area contributed by atoms with E-state index in [0.717, 1.165) is 17.5 Å². The number of hydrogen-bond acceptors (Lipinski definition) is 2. The maximum Gasteiger partial charge on any atom is 0.216 e. The third-order valence-corrected chi connectivity index (χ3v) is 2.78. The second kappa shape index (κ2) is 6.00.